The minimum atomic E-state index is 0.0856. The molecule has 17 heavy (non-hydrogen) atoms. The Bertz CT molecular complexity index is 584. The molecule has 1 aromatic carbocycles. The van der Waals surface area contributed by atoms with Crippen molar-refractivity contribution in [3.63, 3.8) is 0 Å². The molecule has 4 nitrogen and oxygen atoms in total. The van der Waals surface area contributed by atoms with Gasteiger partial charge in [-0.2, -0.15) is 5.10 Å². The standard InChI is InChI=1S/C13H15N3O/c1-9(14)8-16-13-10(7-15-16)4-5-12-11(13)3-2-6-17-12/h2-5,7,9H,6,8,14H2,1H3/t9-/m0/s1. The van der Waals surface area contributed by atoms with Crippen LogP contribution in [0.1, 0.15) is 12.5 Å². The number of hydrogen-bond acceptors (Lipinski definition) is 3. The van der Waals surface area contributed by atoms with Crippen LogP contribution >= 0.6 is 0 Å². The summed E-state index contributed by atoms with van der Waals surface area (Å²) in [6.07, 6.45) is 5.99. The van der Waals surface area contributed by atoms with Crippen LogP contribution in [0.5, 0.6) is 5.75 Å². The summed E-state index contributed by atoms with van der Waals surface area (Å²) in [7, 11) is 0. The number of benzene rings is 1. The average molecular weight is 229 g/mol. The number of aromatic nitrogens is 2. The van der Waals surface area contributed by atoms with Crippen molar-refractivity contribution < 1.29 is 4.74 Å². The number of hydrogen-bond donors (Lipinski definition) is 1. The molecule has 88 valence electrons. The first kappa shape index (κ1) is 10.4. The van der Waals surface area contributed by atoms with Crippen molar-refractivity contribution in [1.82, 2.24) is 9.78 Å². The van der Waals surface area contributed by atoms with Gasteiger partial charge in [0, 0.05) is 17.0 Å². The zero-order chi connectivity index (χ0) is 11.8. The summed E-state index contributed by atoms with van der Waals surface area (Å²) in [6.45, 7) is 3.34. The first-order valence-corrected chi connectivity index (χ1v) is 5.79. The highest BCUT2D eigenvalue weighted by Crippen LogP contribution is 2.31. The number of nitrogens with two attached hydrogens (primary N) is 1. The molecule has 1 atom stereocenters. The van der Waals surface area contributed by atoms with Crippen molar-refractivity contribution >= 4 is 17.0 Å². The maximum absolute atomic E-state index is 5.84. The van der Waals surface area contributed by atoms with E-state index in [1.165, 1.54) is 0 Å². The van der Waals surface area contributed by atoms with E-state index in [2.05, 4.69) is 11.2 Å². The maximum atomic E-state index is 5.84. The molecule has 0 saturated heterocycles. The predicted molar refractivity (Wildman–Crippen MR) is 67.9 cm³/mol. The van der Waals surface area contributed by atoms with Gasteiger partial charge in [-0.1, -0.05) is 0 Å². The molecule has 4 heteroatoms. The van der Waals surface area contributed by atoms with Gasteiger partial charge in [0.05, 0.1) is 18.3 Å². The highest BCUT2D eigenvalue weighted by atomic mass is 16.5. The van der Waals surface area contributed by atoms with Crippen molar-refractivity contribution in [2.24, 2.45) is 5.73 Å². The fourth-order valence-corrected chi connectivity index (χ4v) is 2.19. The molecular weight excluding hydrogens is 214 g/mol. The van der Waals surface area contributed by atoms with Gasteiger partial charge >= 0.3 is 0 Å². The number of nitrogens with zero attached hydrogens (tertiary/aromatic N) is 2. The van der Waals surface area contributed by atoms with E-state index in [-0.39, 0.29) is 6.04 Å². The van der Waals surface area contributed by atoms with E-state index in [4.69, 9.17) is 10.5 Å². The molecular formula is C13H15N3O. The van der Waals surface area contributed by atoms with Gasteiger partial charge < -0.3 is 10.5 Å². The molecule has 0 saturated carbocycles. The molecule has 0 bridgehead atoms. The van der Waals surface area contributed by atoms with Crippen LogP contribution in [0.3, 0.4) is 0 Å². The van der Waals surface area contributed by atoms with Crippen molar-refractivity contribution in [2.75, 3.05) is 6.61 Å². The van der Waals surface area contributed by atoms with Crippen molar-refractivity contribution in [3.8, 4) is 5.75 Å². The molecule has 3 rings (SSSR count). The Hall–Kier alpha value is -1.81. The molecule has 2 aromatic rings. The summed E-state index contributed by atoms with van der Waals surface area (Å²) in [6, 6.07) is 4.12. The van der Waals surface area contributed by atoms with Gasteiger partial charge in [-0.25, -0.2) is 0 Å². The van der Waals surface area contributed by atoms with E-state index in [1.807, 2.05) is 36.0 Å². The lowest BCUT2D eigenvalue weighted by molar-refractivity contribution is 0.359. The van der Waals surface area contributed by atoms with Gasteiger partial charge in [-0.3, -0.25) is 4.68 Å². The van der Waals surface area contributed by atoms with Crippen molar-refractivity contribution in [1.29, 1.82) is 0 Å². The lowest BCUT2D eigenvalue weighted by Gasteiger charge is -2.15. The molecule has 2 heterocycles. The predicted octanol–water partition coefficient (Wildman–Crippen LogP) is 1.79. The minimum Gasteiger partial charge on any atom is -0.489 e. The molecule has 1 aromatic heterocycles. The summed E-state index contributed by atoms with van der Waals surface area (Å²) in [5, 5.41) is 5.52. The maximum Gasteiger partial charge on any atom is 0.129 e. The normalized spacial score (nSPS) is 15.6. The van der Waals surface area contributed by atoms with E-state index >= 15 is 0 Å². The summed E-state index contributed by atoms with van der Waals surface area (Å²) in [4.78, 5) is 0. The zero-order valence-corrected chi connectivity index (χ0v) is 9.76. The van der Waals surface area contributed by atoms with Crippen LogP contribution in [-0.4, -0.2) is 22.4 Å². The Morgan fingerprint density at radius 3 is 3.24 bits per heavy atom. The Morgan fingerprint density at radius 2 is 2.41 bits per heavy atom. The fourth-order valence-electron chi connectivity index (χ4n) is 2.19. The quantitative estimate of drug-likeness (QED) is 0.854. The summed E-state index contributed by atoms with van der Waals surface area (Å²) < 4.78 is 7.56. The zero-order valence-electron chi connectivity index (χ0n) is 9.76. The molecule has 0 radical (unpaired) electrons. The highest BCUT2D eigenvalue weighted by molar-refractivity contribution is 5.90. The molecule has 0 fully saturated rings. The molecule has 0 spiro atoms. The smallest absolute Gasteiger partial charge is 0.129 e. The monoisotopic (exact) mass is 229 g/mol. The van der Waals surface area contributed by atoms with Gasteiger partial charge in [0.2, 0.25) is 0 Å². The first-order valence-electron chi connectivity index (χ1n) is 5.79. The van der Waals surface area contributed by atoms with Crippen molar-refractivity contribution in [2.45, 2.75) is 19.5 Å². The van der Waals surface area contributed by atoms with E-state index in [9.17, 15) is 0 Å². The number of fused-ring (bicyclic) bond motifs is 3. The second-order valence-electron chi connectivity index (χ2n) is 4.43. The van der Waals surface area contributed by atoms with Crippen LogP contribution in [0, 0.1) is 0 Å². The largest absolute Gasteiger partial charge is 0.489 e. The first-order chi connectivity index (χ1) is 8.25. The molecule has 1 aliphatic heterocycles. The van der Waals surface area contributed by atoms with Gasteiger partial charge in [-0.05, 0) is 31.2 Å². The Balaban J connectivity index is 2.22. The average Bonchev–Trinajstić information content (AvgIpc) is 2.72. The van der Waals surface area contributed by atoms with E-state index in [1.54, 1.807) is 0 Å². The summed E-state index contributed by atoms with van der Waals surface area (Å²) in [5.41, 5.74) is 8.05. The third-order valence-electron chi connectivity index (χ3n) is 2.88. The SMILES string of the molecule is C[C@H](N)Cn1ncc2ccc3c(c21)C=CCO3. The molecule has 0 amide bonds. The lowest BCUT2D eigenvalue weighted by Crippen LogP contribution is -2.23. The third-order valence-corrected chi connectivity index (χ3v) is 2.88. The number of rotatable bonds is 2. The van der Waals surface area contributed by atoms with Gasteiger partial charge in [0.25, 0.3) is 0 Å². The molecule has 1 aliphatic rings. The van der Waals surface area contributed by atoms with Gasteiger partial charge in [0.15, 0.2) is 0 Å². The van der Waals surface area contributed by atoms with E-state index in [0.29, 0.717) is 13.2 Å². The Labute approximate surface area is 99.7 Å². The third kappa shape index (κ3) is 1.70. The van der Waals surface area contributed by atoms with Gasteiger partial charge in [-0.15, -0.1) is 0 Å². The van der Waals surface area contributed by atoms with Crippen LogP contribution < -0.4 is 10.5 Å². The Kier molecular flexibility index (Phi) is 2.37. The van der Waals surface area contributed by atoms with Gasteiger partial charge in [0.1, 0.15) is 12.4 Å². The molecule has 0 aliphatic carbocycles. The van der Waals surface area contributed by atoms with E-state index < -0.39 is 0 Å². The molecule has 2 N–H and O–H groups in total. The lowest BCUT2D eigenvalue weighted by atomic mass is 10.1. The highest BCUT2D eigenvalue weighted by Gasteiger charge is 2.14. The van der Waals surface area contributed by atoms with Crippen LogP contribution in [0.2, 0.25) is 0 Å². The van der Waals surface area contributed by atoms with E-state index in [0.717, 1.165) is 22.2 Å². The second-order valence-corrected chi connectivity index (χ2v) is 4.43. The minimum absolute atomic E-state index is 0.0856. The second kappa shape index (κ2) is 3.89. The Morgan fingerprint density at radius 1 is 1.53 bits per heavy atom. The molecule has 0 unspecified atom stereocenters. The number of ether oxygens (including phenoxy) is 1. The van der Waals surface area contributed by atoms with Crippen LogP contribution in [0.15, 0.2) is 24.4 Å². The summed E-state index contributed by atoms with van der Waals surface area (Å²) >= 11 is 0. The van der Waals surface area contributed by atoms with Crippen LogP contribution in [-0.2, 0) is 6.54 Å². The van der Waals surface area contributed by atoms with Crippen molar-refractivity contribution in [3.05, 3.63) is 30.0 Å². The summed E-state index contributed by atoms with van der Waals surface area (Å²) in [5.74, 6) is 0.923. The van der Waals surface area contributed by atoms with Crippen LogP contribution in [0.25, 0.3) is 17.0 Å². The fraction of sp³-hybridized carbons (Fsp3) is 0.308. The van der Waals surface area contributed by atoms with Crippen LogP contribution in [0.4, 0.5) is 0 Å². The topological polar surface area (TPSA) is 53.1 Å².